The Morgan fingerprint density at radius 1 is 1.00 bits per heavy atom. The quantitative estimate of drug-likeness (QED) is 0.509. The molecule has 0 aromatic carbocycles. The molecule has 70 valence electrons. The van der Waals surface area contributed by atoms with Crippen molar-refractivity contribution in [3.63, 3.8) is 0 Å². The number of aliphatic hydroxyl groups is 2. The maximum absolute atomic E-state index is 9.74. The molecule has 2 heterocycles. The molecule has 4 heteroatoms. The van der Waals surface area contributed by atoms with Gasteiger partial charge in [0.15, 0.2) is 0 Å². The van der Waals surface area contributed by atoms with Gasteiger partial charge in [-0.2, -0.15) is 0 Å². The van der Waals surface area contributed by atoms with E-state index in [-0.39, 0.29) is 25.4 Å². The highest BCUT2D eigenvalue weighted by molar-refractivity contribution is 5.06. The molecule has 0 radical (unpaired) electrons. The first-order valence-electron chi connectivity index (χ1n) is 4.11. The fourth-order valence-electron chi connectivity index (χ4n) is 1.87. The third-order valence-electron chi connectivity index (χ3n) is 2.61. The van der Waals surface area contributed by atoms with Crippen molar-refractivity contribution in [3.8, 4) is 0 Å². The fourth-order valence-corrected chi connectivity index (χ4v) is 1.87. The van der Waals surface area contributed by atoms with Crippen molar-refractivity contribution in [2.75, 3.05) is 13.2 Å². The average Bonchev–Trinajstić information content (AvgIpc) is 2.36. The van der Waals surface area contributed by atoms with Gasteiger partial charge in [-0.05, 0) is 13.8 Å². The van der Waals surface area contributed by atoms with Gasteiger partial charge in [-0.15, -0.1) is 0 Å². The third-order valence-corrected chi connectivity index (χ3v) is 2.61. The van der Waals surface area contributed by atoms with Crippen LogP contribution in [0, 0.1) is 0 Å². The SMILES string of the molecule is C[C@]1(O)CO[C@H]2[C@H]1OC[C@@]2(C)O. The standard InChI is InChI=1S/C8H14O4/c1-7(9)3-11-6-5(7)12-4-8(6,2)10/h5-6,9-10H,3-4H2,1-2H3/t5-,6+,7+,8-. The van der Waals surface area contributed by atoms with Crippen LogP contribution in [-0.2, 0) is 9.47 Å². The topological polar surface area (TPSA) is 58.9 Å². The monoisotopic (exact) mass is 174 g/mol. The lowest BCUT2D eigenvalue weighted by Crippen LogP contribution is -2.44. The van der Waals surface area contributed by atoms with Crippen LogP contribution in [0.15, 0.2) is 0 Å². The number of fused-ring (bicyclic) bond motifs is 1. The molecule has 0 aliphatic carbocycles. The van der Waals surface area contributed by atoms with Gasteiger partial charge < -0.3 is 19.7 Å². The summed E-state index contributed by atoms with van der Waals surface area (Å²) in [6, 6.07) is 0. The zero-order chi connectivity index (χ0) is 8.98. The first-order chi connectivity index (χ1) is 5.43. The molecule has 2 rings (SSSR count). The molecule has 0 unspecified atom stereocenters. The van der Waals surface area contributed by atoms with E-state index in [0.717, 1.165) is 0 Å². The molecule has 4 atom stereocenters. The predicted molar refractivity (Wildman–Crippen MR) is 40.7 cm³/mol. The average molecular weight is 174 g/mol. The molecule has 2 aliphatic rings. The highest BCUT2D eigenvalue weighted by atomic mass is 16.6. The third kappa shape index (κ3) is 0.992. The smallest absolute Gasteiger partial charge is 0.117 e. The second-order valence-electron chi connectivity index (χ2n) is 4.18. The van der Waals surface area contributed by atoms with E-state index in [1.165, 1.54) is 0 Å². The summed E-state index contributed by atoms with van der Waals surface area (Å²) in [7, 11) is 0. The number of ether oxygens (including phenoxy) is 2. The van der Waals surface area contributed by atoms with Gasteiger partial charge in [0.2, 0.25) is 0 Å². The van der Waals surface area contributed by atoms with E-state index in [1.807, 2.05) is 0 Å². The van der Waals surface area contributed by atoms with Gasteiger partial charge in [-0.1, -0.05) is 0 Å². The number of rotatable bonds is 0. The van der Waals surface area contributed by atoms with Crippen LogP contribution in [0.1, 0.15) is 13.8 Å². The molecule has 0 amide bonds. The van der Waals surface area contributed by atoms with Crippen LogP contribution in [0.4, 0.5) is 0 Å². The highest BCUT2D eigenvalue weighted by Gasteiger charge is 2.58. The predicted octanol–water partition coefficient (Wildman–Crippen LogP) is -0.714. The maximum atomic E-state index is 9.74. The molecule has 2 aliphatic heterocycles. The molecule has 2 fully saturated rings. The minimum absolute atomic E-state index is 0.235. The van der Waals surface area contributed by atoms with E-state index in [9.17, 15) is 10.2 Å². The molecule has 0 aromatic heterocycles. The van der Waals surface area contributed by atoms with Crippen molar-refractivity contribution in [2.24, 2.45) is 0 Å². The largest absolute Gasteiger partial charge is 0.385 e. The van der Waals surface area contributed by atoms with E-state index in [2.05, 4.69) is 0 Å². The zero-order valence-corrected chi connectivity index (χ0v) is 7.28. The van der Waals surface area contributed by atoms with Crippen molar-refractivity contribution in [3.05, 3.63) is 0 Å². The first-order valence-corrected chi connectivity index (χ1v) is 4.11. The van der Waals surface area contributed by atoms with Gasteiger partial charge in [0.25, 0.3) is 0 Å². The lowest BCUT2D eigenvalue weighted by molar-refractivity contribution is -0.0761. The Balaban J connectivity index is 2.23. The van der Waals surface area contributed by atoms with Crippen LogP contribution in [0.3, 0.4) is 0 Å². The normalized spacial score (nSPS) is 59.0. The first kappa shape index (κ1) is 8.44. The number of hydrogen-bond donors (Lipinski definition) is 2. The molecule has 12 heavy (non-hydrogen) atoms. The van der Waals surface area contributed by atoms with Crippen LogP contribution in [0.25, 0.3) is 0 Å². The summed E-state index contributed by atoms with van der Waals surface area (Å²) in [5.74, 6) is 0. The summed E-state index contributed by atoms with van der Waals surface area (Å²) >= 11 is 0. The van der Waals surface area contributed by atoms with E-state index in [1.54, 1.807) is 13.8 Å². The molecule has 2 saturated heterocycles. The molecule has 0 aromatic rings. The van der Waals surface area contributed by atoms with Gasteiger partial charge in [0, 0.05) is 0 Å². The Morgan fingerprint density at radius 2 is 1.33 bits per heavy atom. The van der Waals surface area contributed by atoms with Crippen LogP contribution < -0.4 is 0 Å². The summed E-state index contributed by atoms with van der Waals surface area (Å²) in [5, 5.41) is 19.5. The van der Waals surface area contributed by atoms with Crippen LogP contribution >= 0.6 is 0 Å². The Labute approximate surface area is 71.1 Å². The Hall–Kier alpha value is -0.160. The van der Waals surface area contributed by atoms with E-state index in [4.69, 9.17) is 9.47 Å². The summed E-state index contributed by atoms with van der Waals surface area (Å²) in [6.45, 7) is 3.80. The van der Waals surface area contributed by atoms with Crippen LogP contribution in [0.2, 0.25) is 0 Å². The highest BCUT2D eigenvalue weighted by Crippen LogP contribution is 2.38. The van der Waals surface area contributed by atoms with Crippen molar-refractivity contribution in [1.29, 1.82) is 0 Å². The maximum Gasteiger partial charge on any atom is 0.117 e. The molecular weight excluding hydrogens is 160 g/mol. The molecule has 2 N–H and O–H groups in total. The zero-order valence-electron chi connectivity index (χ0n) is 7.28. The minimum Gasteiger partial charge on any atom is -0.385 e. The van der Waals surface area contributed by atoms with Crippen molar-refractivity contribution >= 4 is 0 Å². The minimum atomic E-state index is -0.953. The second-order valence-corrected chi connectivity index (χ2v) is 4.18. The molecule has 0 bridgehead atoms. The van der Waals surface area contributed by atoms with Gasteiger partial charge in [-0.3, -0.25) is 0 Å². The summed E-state index contributed by atoms with van der Waals surface area (Å²) in [4.78, 5) is 0. The van der Waals surface area contributed by atoms with Gasteiger partial charge in [-0.25, -0.2) is 0 Å². The van der Waals surface area contributed by atoms with Crippen LogP contribution in [0.5, 0.6) is 0 Å². The van der Waals surface area contributed by atoms with Gasteiger partial charge in [0.1, 0.15) is 23.4 Å². The van der Waals surface area contributed by atoms with E-state index >= 15 is 0 Å². The molecular formula is C8H14O4. The Bertz CT molecular complexity index is 177. The number of hydrogen-bond acceptors (Lipinski definition) is 4. The lowest BCUT2D eigenvalue weighted by Gasteiger charge is -2.22. The fraction of sp³-hybridized carbons (Fsp3) is 1.00. The molecule has 0 spiro atoms. The summed E-state index contributed by atoms with van der Waals surface area (Å²) in [5.41, 5.74) is -1.91. The Kier molecular flexibility index (Phi) is 1.55. The van der Waals surface area contributed by atoms with E-state index in [0.29, 0.717) is 0 Å². The van der Waals surface area contributed by atoms with Crippen molar-refractivity contribution in [2.45, 2.75) is 37.3 Å². The molecule has 0 saturated carbocycles. The summed E-state index contributed by atoms with van der Waals surface area (Å²) in [6.07, 6.45) is -0.764. The molecule has 4 nitrogen and oxygen atoms in total. The Morgan fingerprint density at radius 3 is 1.67 bits per heavy atom. The van der Waals surface area contributed by atoms with E-state index < -0.39 is 11.2 Å². The van der Waals surface area contributed by atoms with Crippen LogP contribution in [-0.4, -0.2) is 46.8 Å². The van der Waals surface area contributed by atoms with Gasteiger partial charge >= 0.3 is 0 Å². The van der Waals surface area contributed by atoms with Gasteiger partial charge in [0.05, 0.1) is 13.2 Å². The van der Waals surface area contributed by atoms with Crippen molar-refractivity contribution in [1.82, 2.24) is 0 Å². The van der Waals surface area contributed by atoms with Crippen molar-refractivity contribution < 1.29 is 19.7 Å². The summed E-state index contributed by atoms with van der Waals surface area (Å²) < 4.78 is 10.6. The second kappa shape index (κ2) is 2.20. The lowest BCUT2D eigenvalue weighted by atomic mass is 9.93.